The highest BCUT2D eigenvalue weighted by Gasteiger charge is 2.28. The van der Waals surface area contributed by atoms with E-state index in [9.17, 15) is 4.79 Å². The molecule has 2 aromatic rings. The number of carbonyl (C=O) groups excluding carboxylic acids is 1. The van der Waals surface area contributed by atoms with Crippen LogP contribution in [0.1, 0.15) is 33.3 Å². The van der Waals surface area contributed by atoms with Gasteiger partial charge < -0.3 is 10.1 Å². The number of aromatic nitrogens is 2. The second-order valence-electron chi connectivity index (χ2n) is 6.48. The molecule has 2 aliphatic rings. The van der Waals surface area contributed by atoms with E-state index in [2.05, 4.69) is 31.6 Å². The number of morpholine rings is 1. The lowest BCUT2D eigenvalue weighted by Gasteiger charge is -2.26. The fraction of sp³-hybridized carbons (Fsp3) is 0.500. The minimum absolute atomic E-state index is 0.152. The van der Waals surface area contributed by atoms with Gasteiger partial charge in [-0.05, 0) is 17.9 Å². The van der Waals surface area contributed by atoms with Gasteiger partial charge in [0, 0.05) is 49.6 Å². The number of fused-ring (bicyclic) bond motifs is 1. The summed E-state index contributed by atoms with van der Waals surface area (Å²) < 4.78 is 5.36. The summed E-state index contributed by atoms with van der Waals surface area (Å²) in [5.41, 5.74) is 1.56. The molecule has 7 heteroatoms. The number of rotatable bonds is 5. The van der Waals surface area contributed by atoms with E-state index in [0.29, 0.717) is 17.9 Å². The van der Waals surface area contributed by atoms with E-state index >= 15 is 0 Å². The smallest absolute Gasteiger partial charge is 0.222 e. The average Bonchev–Trinajstić information content (AvgIpc) is 3.17. The molecule has 1 aliphatic heterocycles. The van der Waals surface area contributed by atoms with Crippen LogP contribution in [0.2, 0.25) is 0 Å². The first-order valence-corrected chi connectivity index (χ1v) is 9.64. The van der Waals surface area contributed by atoms with Crippen LogP contribution in [0.3, 0.4) is 0 Å². The number of thiophene rings is 1. The second kappa shape index (κ2) is 7.59. The maximum absolute atomic E-state index is 12.4. The number of anilines is 1. The minimum atomic E-state index is 0.152. The summed E-state index contributed by atoms with van der Waals surface area (Å²) in [6, 6.07) is 4.15. The van der Waals surface area contributed by atoms with Gasteiger partial charge in [-0.3, -0.25) is 9.69 Å². The number of ether oxygens (including phenoxy) is 1. The van der Waals surface area contributed by atoms with Crippen molar-refractivity contribution in [3.63, 3.8) is 0 Å². The highest BCUT2D eigenvalue weighted by Crippen LogP contribution is 2.34. The molecule has 1 aliphatic carbocycles. The molecule has 1 atom stereocenters. The molecule has 4 rings (SSSR count). The molecule has 0 saturated carbocycles. The highest BCUT2D eigenvalue weighted by atomic mass is 32.1. The molecule has 1 fully saturated rings. The van der Waals surface area contributed by atoms with Crippen molar-refractivity contribution in [3.8, 4) is 0 Å². The largest absolute Gasteiger partial charge is 0.379 e. The van der Waals surface area contributed by atoms with E-state index in [1.54, 1.807) is 17.5 Å². The van der Waals surface area contributed by atoms with Gasteiger partial charge in [0.1, 0.15) is 0 Å². The van der Waals surface area contributed by atoms with Crippen LogP contribution >= 0.6 is 11.3 Å². The molecule has 0 radical (unpaired) electrons. The number of carbonyl (C=O) groups is 1. The topological polar surface area (TPSA) is 67.4 Å². The Balaban J connectivity index is 1.40. The quantitative estimate of drug-likeness (QED) is 0.884. The molecule has 0 amide bonds. The van der Waals surface area contributed by atoms with E-state index in [0.717, 1.165) is 51.5 Å². The van der Waals surface area contributed by atoms with Crippen LogP contribution < -0.4 is 5.32 Å². The summed E-state index contributed by atoms with van der Waals surface area (Å²) in [6.45, 7) is 5.30. The molecule has 0 unspecified atom stereocenters. The zero-order chi connectivity index (χ0) is 17.1. The minimum Gasteiger partial charge on any atom is -0.379 e. The van der Waals surface area contributed by atoms with Gasteiger partial charge in [-0.1, -0.05) is 6.07 Å². The highest BCUT2D eigenvalue weighted by molar-refractivity contribution is 7.10. The predicted octanol–water partition coefficient (Wildman–Crippen LogP) is 2.19. The fourth-order valence-electron chi connectivity index (χ4n) is 3.41. The van der Waals surface area contributed by atoms with Crippen LogP contribution in [0.15, 0.2) is 23.7 Å². The summed E-state index contributed by atoms with van der Waals surface area (Å²) in [5, 5.41) is 5.36. The summed E-state index contributed by atoms with van der Waals surface area (Å²) >= 11 is 1.71. The van der Waals surface area contributed by atoms with Crippen molar-refractivity contribution in [2.24, 2.45) is 0 Å². The Hall–Kier alpha value is -1.83. The molecule has 25 heavy (non-hydrogen) atoms. The van der Waals surface area contributed by atoms with Gasteiger partial charge in [0.15, 0.2) is 5.78 Å². The Morgan fingerprint density at radius 1 is 1.32 bits per heavy atom. The van der Waals surface area contributed by atoms with Gasteiger partial charge in [0.05, 0.1) is 24.5 Å². The van der Waals surface area contributed by atoms with Crippen LogP contribution in [-0.2, 0) is 11.2 Å². The number of ketones is 1. The van der Waals surface area contributed by atoms with Crippen molar-refractivity contribution >= 4 is 23.1 Å². The normalized spacial score (nSPS) is 21.1. The third-order valence-corrected chi connectivity index (χ3v) is 5.83. The van der Waals surface area contributed by atoms with Crippen molar-refractivity contribution in [2.75, 3.05) is 44.7 Å². The average molecular weight is 358 g/mol. The number of nitrogens with zero attached hydrogens (tertiary/aromatic N) is 3. The third kappa shape index (κ3) is 3.89. The SMILES string of the molecule is O=C1C[C@@H](c2cccs2)Cc2nc(NCCN3CCOCC3)ncc21. The monoisotopic (exact) mass is 358 g/mol. The van der Waals surface area contributed by atoms with Gasteiger partial charge >= 0.3 is 0 Å². The van der Waals surface area contributed by atoms with Crippen molar-refractivity contribution in [1.29, 1.82) is 0 Å². The van der Waals surface area contributed by atoms with Crippen LogP contribution in [-0.4, -0.2) is 60.0 Å². The Morgan fingerprint density at radius 3 is 3.00 bits per heavy atom. The molecular weight excluding hydrogens is 336 g/mol. The molecule has 1 saturated heterocycles. The third-order valence-electron chi connectivity index (χ3n) is 4.80. The van der Waals surface area contributed by atoms with Gasteiger partial charge in [0.25, 0.3) is 0 Å². The number of Topliss-reactive ketones (excluding diaryl/α,β-unsaturated/α-hetero) is 1. The van der Waals surface area contributed by atoms with Crippen LogP contribution in [0, 0.1) is 0 Å². The molecule has 2 aromatic heterocycles. The molecule has 0 spiro atoms. The molecule has 0 aromatic carbocycles. The van der Waals surface area contributed by atoms with E-state index in [-0.39, 0.29) is 11.7 Å². The maximum atomic E-state index is 12.4. The lowest BCUT2D eigenvalue weighted by atomic mass is 9.86. The van der Waals surface area contributed by atoms with Gasteiger partial charge in [-0.25, -0.2) is 9.97 Å². The Kier molecular flexibility index (Phi) is 5.05. The zero-order valence-electron chi connectivity index (χ0n) is 14.1. The first kappa shape index (κ1) is 16.6. The van der Waals surface area contributed by atoms with Crippen LogP contribution in [0.25, 0.3) is 0 Å². The van der Waals surface area contributed by atoms with E-state index in [1.807, 2.05) is 6.07 Å². The van der Waals surface area contributed by atoms with E-state index < -0.39 is 0 Å². The molecular formula is C18H22N4O2S. The van der Waals surface area contributed by atoms with Crippen molar-refractivity contribution in [2.45, 2.75) is 18.8 Å². The molecule has 3 heterocycles. The van der Waals surface area contributed by atoms with Crippen LogP contribution in [0.5, 0.6) is 0 Å². The van der Waals surface area contributed by atoms with E-state index in [1.165, 1.54) is 4.88 Å². The Labute approximate surface area is 151 Å². The fourth-order valence-corrected chi connectivity index (χ4v) is 4.24. The summed E-state index contributed by atoms with van der Waals surface area (Å²) in [6.07, 6.45) is 3.05. The first-order chi connectivity index (χ1) is 12.3. The number of nitrogens with one attached hydrogen (secondary N) is 1. The van der Waals surface area contributed by atoms with Gasteiger partial charge in [-0.15, -0.1) is 11.3 Å². The standard InChI is InChI=1S/C18H22N4O2S/c23-16-11-13(17-2-1-9-25-17)10-15-14(16)12-20-18(21-15)19-3-4-22-5-7-24-8-6-22/h1-2,9,12-13H,3-8,10-11H2,(H,19,20,21)/t13-/m0/s1. The lowest BCUT2D eigenvalue weighted by Crippen LogP contribution is -2.39. The van der Waals surface area contributed by atoms with Crippen molar-refractivity contribution < 1.29 is 9.53 Å². The van der Waals surface area contributed by atoms with E-state index in [4.69, 9.17) is 4.74 Å². The molecule has 0 bridgehead atoms. The van der Waals surface area contributed by atoms with Gasteiger partial charge in [0.2, 0.25) is 5.95 Å². The lowest BCUT2D eigenvalue weighted by molar-refractivity contribution is 0.0398. The first-order valence-electron chi connectivity index (χ1n) is 8.76. The predicted molar refractivity (Wildman–Crippen MR) is 97.5 cm³/mol. The van der Waals surface area contributed by atoms with Crippen molar-refractivity contribution in [1.82, 2.24) is 14.9 Å². The van der Waals surface area contributed by atoms with Gasteiger partial charge in [-0.2, -0.15) is 0 Å². The number of hydrogen-bond donors (Lipinski definition) is 1. The van der Waals surface area contributed by atoms with Crippen molar-refractivity contribution in [3.05, 3.63) is 39.8 Å². The summed E-state index contributed by atoms with van der Waals surface area (Å²) in [5.74, 6) is 1.02. The molecule has 1 N–H and O–H groups in total. The Bertz CT molecular complexity index is 729. The summed E-state index contributed by atoms with van der Waals surface area (Å²) in [4.78, 5) is 25.0. The summed E-state index contributed by atoms with van der Waals surface area (Å²) in [7, 11) is 0. The Morgan fingerprint density at radius 2 is 2.20 bits per heavy atom. The zero-order valence-corrected chi connectivity index (χ0v) is 14.9. The number of hydrogen-bond acceptors (Lipinski definition) is 7. The molecule has 132 valence electrons. The second-order valence-corrected chi connectivity index (χ2v) is 7.46. The van der Waals surface area contributed by atoms with Crippen LogP contribution in [0.4, 0.5) is 5.95 Å². The maximum Gasteiger partial charge on any atom is 0.222 e. The molecule has 6 nitrogen and oxygen atoms in total.